The summed E-state index contributed by atoms with van der Waals surface area (Å²) in [4.78, 5) is 14.2. The van der Waals surface area contributed by atoms with E-state index in [0.29, 0.717) is 23.9 Å². The van der Waals surface area contributed by atoms with Crippen molar-refractivity contribution >= 4 is 18.3 Å². The molecule has 4 heteroatoms. The topological polar surface area (TPSA) is 32.3 Å². The maximum absolute atomic E-state index is 12.1. The number of halogens is 1. The van der Waals surface area contributed by atoms with E-state index in [-0.39, 0.29) is 12.4 Å². The molecule has 1 saturated carbocycles. The summed E-state index contributed by atoms with van der Waals surface area (Å²) in [5.74, 6) is 1.06. The van der Waals surface area contributed by atoms with Crippen LogP contribution in [-0.4, -0.2) is 36.0 Å². The van der Waals surface area contributed by atoms with Crippen LogP contribution in [0.2, 0.25) is 0 Å². The summed E-state index contributed by atoms with van der Waals surface area (Å²) in [7, 11) is 0. The van der Waals surface area contributed by atoms with Crippen molar-refractivity contribution in [2.45, 2.75) is 58.0 Å². The second-order valence-corrected chi connectivity index (χ2v) is 5.62. The van der Waals surface area contributed by atoms with Gasteiger partial charge in [-0.05, 0) is 32.6 Å². The minimum Gasteiger partial charge on any atom is -0.340 e. The zero-order chi connectivity index (χ0) is 11.5. The van der Waals surface area contributed by atoms with Crippen molar-refractivity contribution in [1.29, 1.82) is 0 Å². The summed E-state index contributed by atoms with van der Waals surface area (Å²) in [6, 6.07) is 0.882. The van der Waals surface area contributed by atoms with Crippen molar-refractivity contribution in [3.05, 3.63) is 0 Å². The first kappa shape index (κ1) is 14.8. The molecule has 2 fully saturated rings. The van der Waals surface area contributed by atoms with Gasteiger partial charge in [-0.1, -0.05) is 12.8 Å². The maximum atomic E-state index is 12.1. The van der Waals surface area contributed by atoms with Crippen molar-refractivity contribution in [3.63, 3.8) is 0 Å². The van der Waals surface area contributed by atoms with Gasteiger partial charge in [-0.25, -0.2) is 0 Å². The molecule has 1 aliphatic carbocycles. The van der Waals surface area contributed by atoms with Crippen LogP contribution in [0.3, 0.4) is 0 Å². The predicted octanol–water partition coefficient (Wildman–Crippen LogP) is 2.20. The van der Waals surface area contributed by atoms with E-state index in [2.05, 4.69) is 24.1 Å². The number of piperazine rings is 1. The second kappa shape index (κ2) is 6.60. The van der Waals surface area contributed by atoms with Crippen LogP contribution in [0.4, 0.5) is 0 Å². The molecule has 0 aromatic rings. The highest BCUT2D eigenvalue weighted by Crippen LogP contribution is 2.28. The summed E-state index contributed by atoms with van der Waals surface area (Å²) in [6.07, 6.45) is 5.98. The lowest BCUT2D eigenvalue weighted by molar-refractivity contribution is -0.133. The molecule has 0 bridgehead atoms. The Kier molecular flexibility index (Phi) is 5.74. The van der Waals surface area contributed by atoms with Crippen LogP contribution >= 0.6 is 12.4 Å². The molecule has 3 nitrogen and oxygen atoms in total. The van der Waals surface area contributed by atoms with Crippen LogP contribution in [0.25, 0.3) is 0 Å². The van der Waals surface area contributed by atoms with E-state index in [9.17, 15) is 4.79 Å². The minimum absolute atomic E-state index is 0. The fraction of sp³-hybridized carbons (Fsp3) is 0.923. The summed E-state index contributed by atoms with van der Waals surface area (Å²) >= 11 is 0. The molecular formula is C13H25ClN2O. The Hall–Kier alpha value is -0.280. The normalized spacial score (nSPS) is 30.1. The molecule has 100 valence electrons. The van der Waals surface area contributed by atoms with Gasteiger partial charge in [0.25, 0.3) is 0 Å². The Balaban J connectivity index is 0.00000144. The van der Waals surface area contributed by atoms with Gasteiger partial charge in [-0.3, -0.25) is 4.79 Å². The Labute approximate surface area is 111 Å². The van der Waals surface area contributed by atoms with E-state index < -0.39 is 0 Å². The third-order valence-electron chi connectivity index (χ3n) is 3.85. The average Bonchev–Trinajstić information content (AvgIpc) is 2.68. The number of nitrogens with zero attached hydrogens (tertiary/aromatic N) is 1. The monoisotopic (exact) mass is 260 g/mol. The van der Waals surface area contributed by atoms with Crippen LogP contribution in [-0.2, 0) is 4.79 Å². The molecule has 17 heavy (non-hydrogen) atoms. The number of nitrogens with one attached hydrogen (secondary N) is 1. The van der Waals surface area contributed by atoms with Crippen molar-refractivity contribution in [3.8, 4) is 0 Å². The van der Waals surface area contributed by atoms with Gasteiger partial charge in [-0.15, -0.1) is 12.4 Å². The smallest absolute Gasteiger partial charge is 0.222 e. The molecule has 0 spiro atoms. The number of carbonyl (C=O) groups excluding carboxylic acids is 1. The van der Waals surface area contributed by atoms with Gasteiger partial charge < -0.3 is 10.2 Å². The third-order valence-corrected chi connectivity index (χ3v) is 3.85. The highest BCUT2D eigenvalue weighted by molar-refractivity contribution is 5.85. The Morgan fingerprint density at radius 1 is 1.18 bits per heavy atom. The van der Waals surface area contributed by atoms with Crippen molar-refractivity contribution < 1.29 is 4.79 Å². The quantitative estimate of drug-likeness (QED) is 0.826. The van der Waals surface area contributed by atoms with Gasteiger partial charge in [-0.2, -0.15) is 0 Å². The number of carbonyl (C=O) groups is 1. The second-order valence-electron chi connectivity index (χ2n) is 5.62. The maximum Gasteiger partial charge on any atom is 0.222 e. The SMILES string of the molecule is CC1CN(C(=O)CC2CCCC2)CC(C)N1.Cl. The fourth-order valence-electron chi connectivity index (χ4n) is 3.12. The molecule has 1 aliphatic heterocycles. The molecule has 2 rings (SSSR count). The zero-order valence-electron chi connectivity index (χ0n) is 10.9. The van der Waals surface area contributed by atoms with E-state index in [0.717, 1.165) is 19.5 Å². The van der Waals surface area contributed by atoms with Crippen LogP contribution in [0.1, 0.15) is 46.0 Å². The molecule has 2 unspecified atom stereocenters. The third kappa shape index (κ3) is 4.14. The highest BCUT2D eigenvalue weighted by Gasteiger charge is 2.27. The van der Waals surface area contributed by atoms with E-state index in [1.165, 1.54) is 25.7 Å². The van der Waals surface area contributed by atoms with Crippen molar-refractivity contribution in [2.24, 2.45) is 5.92 Å². The van der Waals surface area contributed by atoms with E-state index in [1.54, 1.807) is 0 Å². The predicted molar refractivity (Wildman–Crippen MR) is 72.5 cm³/mol. The summed E-state index contributed by atoms with van der Waals surface area (Å²) in [5.41, 5.74) is 0. The lowest BCUT2D eigenvalue weighted by Gasteiger charge is -2.36. The molecule has 1 heterocycles. The van der Waals surface area contributed by atoms with E-state index in [1.807, 2.05) is 0 Å². The molecule has 0 aromatic heterocycles. The average molecular weight is 261 g/mol. The number of hydrogen-bond acceptors (Lipinski definition) is 2. The van der Waals surface area contributed by atoms with Crippen LogP contribution in [0.15, 0.2) is 0 Å². The molecule has 2 atom stereocenters. The first-order valence-electron chi connectivity index (χ1n) is 6.69. The summed E-state index contributed by atoms with van der Waals surface area (Å²) < 4.78 is 0. The molecular weight excluding hydrogens is 236 g/mol. The van der Waals surface area contributed by atoms with Gasteiger partial charge in [0.2, 0.25) is 5.91 Å². The minimum atomic E-state index is 0. The molecule has 1 saturated heterocycles. The van der Waals surface area contributed by atoms with Crippen LogP contribution in [0, 0.1) is 5.92 Å². The zero-order valence-corrected chi connectivity index (χ0v) is 11.8. The highest BCUT2D eigenvalue weighted by atomic mass is 35.5. The van der Waals surface area contributed by atoms with Gasteiger partial charge in [0.15, 0.2) is 0 Å². The Bertz CT molecular complexity index is 244. The van der Waals surface area contributed by atoms with Gasteiger partial charge >= 0.3 is 0 Å². The standard InChI is InChI=1S/C13H24N2O.ClH/c1-10-8-15(9-11(2)14-10)13(16)7-12-5-3-4-6-12;/h10-12,14H,3-9H2,1-2H3;1H. The van der Waals surface area contributed by atoms with E-state index in [4.69, 9.17) is 0 Å². The number of rotatable bonds is 2. The van der Waals surface area contributed by atoms with E-state index >= 15 is 0 Å². The lowest BCUT2D eigenvalue weighted by Crippen LogP contribution is -2.56. The van der Waals surface area contributed by atoms with Crippen molar-refractivity contribution in [1.82, 2.24) is 10.2 Å². The van der Waals surface area contributed by atoms with Crippen LogP contribution in [0.5, 0.6) is 0 Å². The molecule has 1 amide bonds. The first-order valence-corrected chi connectivity index (χ1v) is 6.69. The summed E-state index contributed by atoms with van der Waals surface area (Å²) in [6.45, 7) is 6.09. The first-order chi connectivity index (χ1) is 7.65. The molecule has 2 aliphatic rings. The van der Waals surface area contributed by atoms with Gasteiger partial charge in [0.05, 0.1) is 0 Å². The summed E-state index contributed by atoms with van der Waals surface area (Å²) in [5, 5.41) is 3.46. The molecule has 0 radical (unpaired) electrons. The largest absolute Gasteiger partial charge is 0.340 e. The van der Waals surface area contributed by atoms with Crippen LogP contribution < -0.4 is 5.32 Å². The lowest BCUT2D eigenvalue weighted by atomic mass is 10.0. The van der Waals surface area contributed by atoms with Crippen molar-refractivity contribution in [2.75, 3.05) is 13.1 Å². The van der Waals surface area contributed by atoms with Gasteiger partial charge in [0, 0.05) is 31.6 Å². The number of amides is 1. The fourth-order valence-corrected chi connectivity index (χ4v) is 3.12. The number of hydrogen-bond donors (Lipinski definition) is 1. The van der Waals surface area contributed by atoms with Gasteiger partial charge in [0.1, 0.15) is 0 Å². The molecule has 0 aromatic carbocycles. The Morgan fingerprint density at radius 3 is 2.24 bits per heavy atom. The molecule has 1 N–H and O–H groups in total. The Morgan fingerprint density at radius 2 is 1.71 bits per heavy atom.